The van der Waals surface area contributed by atoms with E-state index in [4.69, 9.17) is 0 Å². The second kappa shape index (κ2) is 14.1. The predicted molar refractivity (Wildman–Crippen MR) is 157 cm³/mol. The van der Waals surface area contributed by atoms with Crippen molar-refractivity contribution >= 4 is 18.6 Å². The molecule has 0 radical (unpaired) electrons. The van der Waals surface area contributed by atoms with Crippen LogP contribution in [0.15, 0.2) is 47.5 Å². The van der Waals surface area contributed by atoms with E-state index in [0.717, 1.165) is 35.1 Å². The average molecular weight is 647 g/mol. The minimum absolute atomic E-state index is 0. The summed E-state index contributed by atoms with van der Waals surface area (Å²) in [4.78, 5) is 0. The first-order valence-electron chi connectivity index (χ1n) is 14.0. The van der Waals surface area contributed by atoms with E-state index in [2.05, 4.69) is 90.1 Å². The van der Waals surface area contributed by atoms with Crippen LogP contribution in [-0.2, 0) is 33.1 Å². The summed E-state index contributed by atoms with van der Waals surface area (Å²) in [6, 6.07) is 12.4. The van der Waals surface area contributed by atoms with Gasteiger partial charge in [-0.15, -0.1) is 0 Å². The van der Waals surface area contributed by atoms with Crippen LogP contribution in [0, 0.1) is 0 Å². The van der Waals surface area contributed by atoms with Crippen LogP contribution in [-0.4, -0.2) is 16.6 Å². The number of phenolic OH excluding ortho intramolecular Hbond substituents is 2. The number of aromatic hydroxyl groups is 2. The van der Waals surface area contributed by atoms with Gasteiger partial charge in [-0.3, -0.25) is 0 Å². The number of benzene rings is 2. The fourth-order valence-electron chi connectivity index (χ4n) is 5.59. The van der Waals surface area contributed by atoms with Crippen molar-refractivity contribution in [3.63, 3.8) is 0 Å². The van der Waals surface area contributed by atoms with Crippen LogP contribution in [0.2, 0.25) is 0 Å². The van der Waals surface area contributed by atoms with Gasteiger partial charge in [0.25, 0.3) is 0 Å². The van der Waals surface area contributed by atoms with Gasteiger partial charge in [-0.1, -0.05) is 0 Å². The number of allylic oxidation sites excluding steroid dienone is 2. The van der Waals surface area contributed by atoms with E-state index in [0.29, 0.717) is 11.5 Å². The van der Waals surface area contributed by atoms with Gasteiger partial charge in [0, 0.05) is 0 Å². The Kier molecular flexibility index (Phi) is 12.2. The van der Waals surface area contributed by atoms with Crippen molar-refractivity contribution in [2.24, 2.45) is 0 Å². The Morgan fingerprint density at radius 3 is 1.31 bits per heavy atom. The molecule has 0 bridgehead atoms. The normalized spacial score (nSPS) is 18.7. The van der Waals surface area contributed by atoms with Gasteiger partial charge in [0.05, 0.1) is 0 Å². The molecule has 5 heteroatoms. The van der Waals surface area contributed by atoms with Gasteiger partial charge in [-0.2, -0.15) is 0 Å². The molecular weight excluding hydrogens is 603 g/mol. The fourth-order valence-corrected chi connectivity index (χ4v) is 9.72. The number of rotatable bonds is 2. The number of halogens is 2. The third-order valence-corrected chi connectivity index (χ3v) is 12.0. The van der Waals surface area contributed by atoms with Gasteiger partial charge in [0.15, 0.2) is 0 Å². The minimum atomic E-state index is -0.927. The fraction of sp³-hybridized carbons (Fsp3) is 0.471. The summed E-state index contributed by atoms with van der Waals surface area (Å²) in [5.41, 5.74) is 6.77. The smallest absolute Gasteiger partial charge is 1.00 e. The van der Waals surface area contributed by atoms with Crippen LogP contribution < -0.4 is 24.8 Å². The summed E-state index contributed by atoms with van der Waals surface area (Å²) in [5.74, 6) is 0.885. The summed E-state index contributed by atoms with van der Waals surface area (Å²) in [6.07, 6.45) is 14.3. The van der Waals surface area contributed by atoms with Crippen LogP contribution in [0.4, 0.5) is 0 Å². The molecule has 0 saturated heterocycles. The van der Waals surface area contributed by atoms with Gasteiger partial charge in [0.1, 0.15) is 0 Å². The second-order valence-electron chi connectivity index (χ2n) is 12.8. The number of hydrogen-bond donors (Lipinski definition) is 2. The van der Waals surface area contributed by atoms with Crippen molar-refractivity contribution in [1.29, 1.82) is 0 Å². The first-order chi connectivity index (χ1) is 17.4. The molecule has 2 aliphatic carbocycles. The van der Waals surface area contributed by atoms with Crippen molar-refractivity contribution in [1.82, 2.24) is 0 Å². The molecule has 4 rings (SSSR count). The third kappa shape index (κ3) is 8.37. The van der Waals surface area contributed by atoms with Crippen LogP contribution in [0.5, 0.6) is 11.5 Å². The van der Waals surface area contributed by atoms with Crippen LogP contribution in [0.3, 0.4) is 0 Å². The van der Waals surface area contributed by atoms with Crippen LogP contribution >= 0.6 is 0 Å². The maximum absolute atomic E-state index is 11.1. The molecule has 2 aliphatic rings. The molecule has 2 fully saturated rings. The molecule has 2 N–H and O–H groups in total. The Morgan fingerprint density at radius 2 is 0.949 bits per heavy atom. The first kappa shape index (κ1) is 33.9. The molecule has 0 atom stereocenters. The molecular formula is C34H44Cl2O2Zr. The number of phenols is 2. The van der Waals surface area contributed by atoms with Crippen molar-refractivity contribution in [2.75, 3.05) is 0 Å². The zero-order valence-electron chi connectivity index (χ0n) is 24.4. The minimum Gasteiger partial charge on any atom is -1.00 e. The molecule has 0 amide bonds. The largest absolute Gasteiger partial charge is 1.00 e. The number of para-hydroxylation sites is 2. The third-order valence-electron chi connectivity index (χ3n) is 7.73. The van der Waals surface area contributed by atoms with Crippen LogP contribution in [0.1, 0.15) is 115 Å². The summed E-state index contributed by atoms with van der Waals surface area (Å²) < 4.78 is 3.40. The molecule has 0 aliphatic heterocycles. The second-order valence-corrected chi connectivity index (χ2v) is 16.4. The molecule has 0 unspecified atom stereocenters. The SMILES string of the molecule is CC(C)(C)c1cccc(C=C2CCCC[C]2=[Zr+2]=[C]2CCCCC2=Cc2cccc(C(C)(C)C)c2O)c1O.[Cl-].[Cl-]. The van der Waals surface area contributed by atoms with Gasteiger partial charge in [-0.05, 0) is 0 Å². The van der Waals surface area contributed by atoms with Gasteiger partial charge in [0.2, 0.25) is 0 Å². The molecule has 0 spiro atoms. The molecule has 2 saturated carbocycles. The Bertz CT molecular complexity index is 1200. The van der Waals surface area contributed by atoms with E-state index in [1.807, 2.05) is 0 Å². The summed E-state index contributed by atoms with van der Waals surface area (Å²) in [6.45, 7) is 13.0. The van der Waals surface area contributed by atoms with E-state index in [1.54, 1.807) is 6.41 Å². The monoisotopic (exact) mass is 644 g/mol. The van der Waals surface area contributed by atoms with Crippen molar-refractivity contribution in [3.05, 3.63) is 69.8 Å². The van der Waals surface area contributed by atoms with E-state index in [1.165, 1.54) is 49.7 Å². The van der Waals surface area contributed by atoms with Gasteiger partial charge in [-0.25, -0.2) is 0 Å². The molecule has 39 heavy (non-hydrogen) atoms. The average Bonchev–Trinajstić information content (AvgIpc) is 2.82. The molecule has 2 aromatic rings. The summed E-state index contributed by atoms with van der Waals surface area (Å²) >= 11 is -0.927. The van der Waals surface area contributed by atoms with Crippen molar-refractivity contribution < 1.29 is 57.3 Å². The Hall–Kier alpha value is -1.28. The maximum Gasteiger partial charge on any atom is -1.00 e. The standard InChI is InChI=1S/2C17H22O.2ClH.Zr/c2*1-17(2,3)15-11-7-10-14(16(15)18)12-13-8-5-4-6-9-13;;;/h2*7,10-12,18H,4-6,8H2,1-3H3;2*1H;/q;;;;+2/p-2. The van der Waals surface area contributed by atoms with E-state index in [-0.39, 0.29) is 35.6 Å². The maximum atomic E-state index is 11.1. The van der Waals surface area contributed by atoms with Crippen molar-refractivity contribution in [2.45, 2.75) is 104 Å². The molecule has 0 aromatic heterocycles. The Morgan fingerprint density at radius 1 is 0.590 bits per heavy atom. The van der Waals surface area contributed by atoms with E-state index >= 15 is 0 Å². The Balaban J connectivity index is 0.00000267. The molecule has 210 valence electrons. The predicted octanol–water partition coefficient (Wildman–Crippen LogP) is 2.74. The van der Waals surface area contributed by atoms with Crippen LogP contribution in [0.25, 0.3) is 12.2 Å². The quantitative estimate of drug-likeness (QED) is 0.528. The zero-order valence-corrected chi connectivity index (χ0v) is 28.4. The van der Waals surface area contributed by atoms with Crippen molar-refractivity contribution in [3.8, 4) is 11.5 Å². The Labute approximate surface area is 259 Å². The summed E-state index contributed by atoms with van der Waals surface area (Å²) in [5, 5.41) is 22.2. The molecule has 2 nitrogen and oxygen atoms in total. The zero-order chi connectivity index (χ0) is 26.8. The van der Waals surface area contributed by atoms with Gasteiger partial charge < -0.3 is 24.8 Å². The first-order valence-corrected chi connectivity index (χ1v) is 16.5. The number of hydrogen-bond acceptors (Lipinski definition) is 2. The topological polar surface area (TPSA) is 40.5 Å². The molecule has 0 heterocycles. The van der Waals surface area contributed by atoms with E-state index in [9.17, 15) is 10.2 Å². The summed E-state index contributed by atoms with van der Waals surface area (Å²) in [7, 11) is 0. The van der Waals surface area contributed by atoms with Gasteiger partial charge >= 0.3 is 236 Å². The van der Waals surface area contributed by atoms with E-state index < -0.39 is 22.3 Å². The molecule has 2 aromatic carbocycles.